The number of hydrogen-bond donors (Lipinski definition) is 2. The summed E-state index contributed by atoms with van der Waals surface area (Å²) in [5.41, 5.74) is 1.71. The summed E-state index contributed by atoms with van der Waals surface area (Å²) in [5.74, 6) is -0.687. The molecule has 0 spiro atoms. The van der Waals surface area contributed by atoms with E-state index < -0.39 is 26.1 Å². The Morgan fingerprint density at radius 3 is 2.42 bits per heavy atom. The number of hydrogen-bond acceptors (Lipinski definition) is 9. The minimum atomic E-state index is -4.21. The molecular weight excluding hydrogens is 534 g/mol. The van der Waals surface area contributed by atoms with E-state index in [0.29, 0.717) is 19.4 Å². The summed E-state index contributed by atoms with van der Waals surface area (Å²) in [5, 5.41) is 7.65. The molecule has 1 amide bonds. The first kappa shape index (κ1) is 30.1. The van der Waals surface area contributed by atoms with Crippen LogP contribution in [0.25, 0.3) is 0 Å². The number of rotatable bonds is 12. The van der Waals surface area contributed by atoms with Crippen molar-refractivity contribution in [1.29, 1.82) is 0 Å². The Kier molecular flexibility index (Phi) is 9.95. The molecule has 2 aromatic heterocycles. The van der Waals surface area contributed by atoms with Gasteiger partial charge in [-0.2, -0.15) is 22.8 Å². The standard InChI is InChI=1S/C23H39N7O6S2/c1-6-7-13-37(32,33)28-9-8-10-29(12-11-28)38(34,35)27-22(31)20-16-36-23(25-20)24-14-19-15-30(18(4)5)26-21(19)17(2)3/h15-18H,6-14H2,1-5H3,(H,24,25)(H,27,31). The Balaban J connectivity index is 1.60. The predicted molar refractivity (Wildman–Crippen MR) is 143 cm³/mol. The number of unbranched alkanes of at least 4 members (excludes halogenated alkanes) is 1. The van der Waals surface area contributed by atoms with Gasteiger partial charge in [-0.1, -0.05) is 27.2 Å². The topological polar surface area (TPSA) is 160 Å². The highest BCUT2D eigenvalue weighted by atomic mass is 32.2. The van der Waals surface area contributed by atoms with Crippen LogP contribution in [0.5, 0.6) is 0 Å². The Labute approximate surface area is 225 Å². The average Bonchev–Trinajstić information content (AvgIpc) is 3.41. The molecule has 15 heteroatoms. The lowest BCUT2D eigenvalue weighted by Gasteiger charge is -2.21. The molecule has 2 N–H and O–H groups in total. The van der Waals surface area contributed by atoms with Crippen LogP contribution in [0.1, 0.15) is 87.6 Å². The van der Waals surface area contributed by atoms with Gasteiger partial charge in [0, 0.05) is 50.5 Å². The molecular formula is C23H39N7O6S2. The first-order valence-electron chi connectivity index (χ1n) is 12.9. The zero-order valence-corrected chi connectivity index (χ0v) is 24.3. The van der Waals surface area contributed by atoms with Gasteiger partial charge in [0.2, 0.25) is 10.0 Å². The third kappa shape index (κ3) is 7.55. The van der Waals surface area contributed by atoms with Gasteiger partial charge in [-0.15, -0.1) is 0 Å². The normalized spacial score (nSPS) is 16.2. The van der Waals surface area contributed by atoms with Crippen LogP contribution in [0.2, 0.25) is 0 Å². The van der Waals surface area contributed by atoms with E-state index in [9.17, 15) is 21.6 Å². The fourth-order valence-corrected chi connectivity index (χ4v) is 6.88. The molecule has 0 saturated carbocycles. The van der Waals surface area contributed by atoms with Crippen LogP contribution >= 0.6 is 0 Å². The lowest BCUT2D eigenvalue weighted by Crippen LogP contribution is -2.45. The fraction of sp³-hybridized carbons (Fsp3) is 0.696. The van der Waals surface area contributed by atoms with Crippen molar-refractivity contribution in [3.8, 4) is 0 Å². The van der Waals surface area contributed by atoms with Gasteiger partial charge >= 0.3 is 10.2 Å². The van der Waals surface area contributed by atoms with Gasteiger partial charge < -0.3 is 9.73 Å². The second-order valence-electron chi connectivity index (χ2n) is 9.92. The van der Waals surface area contributed by atoms with E-state index >= 15 is 0 Å². The van der Waals surface area contributed by atoms with Crippen molar-refractivity contribution in [2.24, 2.45) is 0 Å². The first-order valence-corrected chi connectivity index (χ1v) is 16.0. The molecule has 0 unspecified atom stereocenters. The lowest BCUT2D eigenvalue weighted by molar-refractivity contribution is 0.0974. The maximum atomic E-state index is 12.9. The van der Waals surface area contributed by atoms with E-state index in [1.807, 2.05) is 36.4 Å². The number of oxazole rings is 1. The van der Waals surface area contributed by atoms with Crippen LogP contribution in [0.3, 0.4) is 0 Å². The second-order valence-corrected chi connectivity index (χ2v) is 13.7. The van der Waals surface area contributed by atoms with E-state index in [4.69, 9.17) is 4.42 Å². The third-order valence-corrected chi connectivity index (χ3v) is 9.65. The molecule has 0 atom stereocenters. The number of nitrogens with zero attached hydrogens (tertiary/aromatic N) is 5. The Morgan fingerprint density at radius 1 is 1.08 bits per heavy atom. The zero-order chi connectivity index (χ0) is 28.1. The molecule has 0 radical (unpaired) electrons. The van der Waals surface area contributed by atoms with Gasteiger partial charge in [0.15, 0.2) is 5.69 Å². The Morgan fingerprint density at radius 2 is 1.76 bits per heavy atom. The molecule has 0 aliphatic carbocycles. The molecule has 2 aromatic rings. The van der Waals surface area contributed by atoms with E-state index in [0.717, 1.165) is 28.2 Å². The quantitative estimate of drug-likeness (QED) is 0.388. The summed E-state index contributed by atoms with van der Waals surface area (Å²) in [7, 11) is -7.65. The largest absolute Gasteiger partial charge is 0.431 e. The third-order valence-electron chi connectivity index (χ3n) is 6.21. The van der Waals surface area contributed by atoms with E-state index in [1.165, 1.54) is 4.31 Å². The van der Waals surface area contributed by atoms with Gasteiger partial charge in [0.05, 0.1) is 11.4 Å². The molecule has 1 saturated heterocycles. The molecule has 38 heavy (non-hydrogen) atoms. The van der Waals surface area contributed by atoms with E-state index in [1.54, 1.807) is 0 Å². The average molecular weight is 574 g/mol. The van der Waals surface area contributed by atoms with Crippen molar-refractivity contribution < 1.29 is 26.0 Å². The second kappa shape index (κ2) is 12.6. The summed E-state index contributed by atoms with van der Waals surface area (Å²) in [6.07, 6.45) is 4.66. The Bertz CT molecular complexity index is 1300. The minimum Gasteiger partial charge on any atom is -0.431 e. The smallest absolute Gasteiger partial charge is 0.304 e. The summed E-state index contributed by atoms with van der Waals surface area (Å²) in [6.45, 7) is 10.8. The number of nitrogens with one attached hydrogen (secondary N) is 2. The molecule has 1 aliphatic heterocycles. The highest BCUT2D eigenvalue weighted by Gasteiger charge is 2.31. The molecule has 1 fully saturated rings. The van der Waals surface area contributed by atoms with Crippen molar-refractivity contribution in [1.82, 2.24) is 28.1 Å². The lowest BCUT2D eigenvalue weighted by atomic mass is 10.1. The van der Waals surface area contributed by atoms with Gasteiger partial charge in [-0.05, 0) is 32.6 Å². The number of amides is 1. The number of sulfonamides is 1. The molecule has 214 valence electrons. The molecule has 13 nitrogen and oxygen atoms in total. The van der Waals surface area contributed by atoms with Crippen molar-refractivity contribution in [2.45, 2.75) is 72.4 Å². The van der Waals surface area contributed by atoms with Gasteiger partial charge in [-0.3, -0.25) is 9.48 Å². The molecule has 1 aliphatic rings. The predicted octanol–water partition coefficient (Wildman–Crippen LogP) is 2.30. The highest BCUT2D eigenvalue weighted by molar-refractivity contribution is 7.89. The number of aromatic nitrogens is 3. The molecule has 0 bridgehead atoms. The van der Waals surface area contributed by atoms with Crippen molar-refractivity contribution in [2.75, 3.05) is 37.2 Å². The zero-order valence-electron chi connectivity index (χ0n) is 22.7. The molecule has 0 aromatic carbocycles. The first-order chi connectivity index (χ1) is 17.8. The number of carbonyl (C=O) groups is 1. The van der Waals surface area contributed by atoms with Crippen LogP contribution in [0, 0.1) is 0 Å². The maximum Gasteiger partial charge on any atom is 0.304 e. The van der Waals surface area contributed by atoms with Crippen LogP contribution in [-0.4, -0.2) is 78.0 Å². The fourth-order valence-electron chi connectivity index (χ4n) is 4.04. The summed E-state index contributed by atoms with van der Waals surface area (Å²) in [4.78, 5) is 16.7. The SMILES string of the molecule is CCCCS(=O)(=O)N1CCCN(S(=O)(=O)NC(=O)c2coc(NCc3cn(C(C)C)nc3C(C)C)n2)CC1. The molecule has 3 heterocycles. The molecule has 3 rings (SSSR count). The van der Waals surface area contributed by atoms with E-state index in [2.05, 4.69) is 29.2 Å². The van der Waals surface area contributed by atoms with Crippen LogP contribution in [-0.2, 0) is 26.8 Å². The van der Waals surface area contributed by atoms with Crippen LogP contribution < -0.4 is 10.0 Å². The summed E-state index contributed by atoms with van der Waals surface area (Å²) < 4.78 is 62.4. The van der Waals surface area contributed by atoms with Crippen molar-refractivity contribution in [3.05, 3.63) is 29.4 Å². The monoisotopic (exact) mass is 573 g/mol. The van der Waals surface area contributed by atoms with Gasteiger partial charge in [-0.25, -0.2) is 17.4 Å². The van der Waals surface area contributed by atoms with E-state index in [-0.39, 0.29) is 55.6 Å². The van der Waals surface area contributed by atoms with Crippen molar-refractivity contribution in [3.63, 3.8) is 0 Å². The maximum absolute atomic E-state index is 12.9. The number of carbonyl (C=O) groups excluding carboxylic acids is 1. The van der Waals surface area contributed by atoms with Crippen LogP contribution in [0.4, 0.5) is 6.01 Å². The van der Waals surface area contributed by atoms with Crippen molar-refractivity contribution >= 4 is 32.2 Å². The summed E-state index contributed by atoms with van der Waals surface area (Å²) in [6, 6.07) is 0.278. The highest BCUT2D eigenvalue weighted by Crippen LogP contribution is 2.21. The van der Waals surface area contributed by atoms with Crippen LogP contribution in [0.15, 0.2) is 16.9 Å². The van der Waals surface area contributed by atoms with Gasteiger partial charge in [0.25, 0.3) is 11.9 Å². The minimum absolute atomic E-state index is 0.0327. The summed E-state index contributed by atoms with van der Waals surface area (Å²) >= 11 is 0. The number of anilines is 1. The Hall–Kier alpha value is -2.49. The van der Waals surface area contributed by atoms with Gasteiger partial charge in [0.1, 0.15) is 6.26 Å².